The molecule has 0 radical (unpaired) electrons. The molecule has 0 aromatic rings. The van der Waals surface area contributed by atoms with Gasteiger partial charge in [0.15, 0.2) is 0 Å². The van der Waals surface area contributed by atoms with Gasteiger partial charge in [0.1, 0.15) is 5.78 Å². The lowest BCUT2D eigenvalue weighted by Crippen LogP contribution is -2.27. The van der Waals surface area contributed by atoms with Gasteiger partial charge in [-0.25, -0.2) is 0 Å². The fourth-order valence-corrected chi connectivity index (χ4v) is 2.32. The molecule has 2 aliphatic carbocycles. The highest BCUT2D eigenvalue weighted by Gasteiger charge is 2.38. The minimum absolute atomic E-state index is 0. The molecule has 2 rings (SSSR count). The normalized spacial score (nSPS) is 25.8. The van der Waals surface area contributed by atoms with Crippen LogP contribution in [0.3, 0.4) is 0 Å². The van der Waals surface area contributed by atoms with Gasteiger partial charge in [0.25, 0.3) is 0 Å². The van der Waals surface area contributed by atoms with Gasteiger partial charge < -0.3 is 0 Å². The molecule has 0 aliphatic heterocycles. The van der Waals surface area contributed by atoms with Crippen molar-refractivity contribution in [1.82, 2.24) is 0 Å². The molecular weight excluding hydrogens is 172 g/mol. The molecule has 1 spiro atoms. The van der Waals surface area contributed by atoms with Crippen molar-refractivity contribution < 1.29 is 4.79 Å². The predicted octanol–water partition coefficient (Wildman–Crippen LogP) is 2.89. The summed E-state index contributed by atoms with van der Waals surface area (Å²) in [5.41, 5.74) is 0.0122. The van der Waals surface area contributed by atoms with E-state index in [1.807, 2.05) is 6.08 Å². The average Bonchev–Trinajstić information content (AvgIpc) is 2.36. The molecule has 68 valence electrons. The van der Waals surface area contributed by atoms with Crippen LogP contribution in [0.15, 0.2) is 12.2 Å². The summed E-state index contributed by atoms with van der Waals surface area (Å²) >= 11 is 0. The first-order valence-electron chi connectivity index (χ1n) is 4.55. The van der Waals surface area contributed by atoms with Crippen molar-refractivity contribution in [2.75, 3.05) is 0 Å². The van der Waals surface area contributed by atoms with Crippen LogP contribution in [0.1, 0.15) is 38.5 Å². The summed E-state index contributed by atoms with van der Waals surface area (Å²) in [6, 6.07) is 0. The second-order valence-electron chi connectivity index (χ2n) is 3.75. The zero-order chi connectivity index (χ0) is 7.73. The first-order valence-corrected chi connectivity index (χ1v) is 4.55. The van der Waals surface area contributed by atoms with E-state index in [1.165, 1.54) is 19.3 Å². The van der Waals surface area contributed by atoms with Crippen LogP contribution in [0.5, 0.6) is 0 Å². The Morgan fingerprint density at radius 2 is 1.83 bits per heavy atom. The molecule has 0 aromatic heterocycles. The standard InChI is InChI=1S/C10H14O.ClH/c11-9-5-4-8-10(9)6-2-1-3-7-10;/h4,8H,1-3,5-7H2;1H. The molecule has 0 atom stereocenters. The number of hydrogen-bond donors (Lipinski definition) is 0. The number of Topliss-reactive ketones (excluding diaryl/α,β-unsaturated/α-hetero) is 1. The smallest absolute Gasteiger partial charge is 0.146 e. The van der Waals surface area contributed by atoms with Crippen LogP contribution in [0.2, 0.25) is 0 Å². The van der Waals surface area contributed by atoms with Gasteiger partial charge in [0.2, 0.25) is 0 Å². The average molecular weight is 187 g/mol. The Morgan fingerprint density at radius 1 is 1.17 bits per heavy atom. The van der Waals surface area contributed by atoms with E-state index < -0.39 is 0 Å². The summed E-state index contributed by atoms with van der Waals surface area (Å²) in [5, 5.41) is 0. The highest BCUT2D eigenvalue weighted by Crippen LogP contribution is 2.42. The number of hydrogen-bond acceptors (Lipinski definition) is 1. The van der Waals surface area contributed by atoms with Gasteiger partial charge >= 0.3 is 0 Å². The first-order chi connectivity index (χ1) is 5.33. The third-order valence-corrected chi connectivity index (χ3v) is 3.04. The van der Waals surface area contributed by atoms with Gasteiger partial charge in [-0.2, -0.15) is 0 Å². The molecule has 0 N–H and O–H groups in total. The zero-order valence-corrected chi connectivity index (χ0v) is 8.03. The van der Waals surface area contributed by atoms with Crippen molar-refractivity contribution in [1.29, 1.82) is 0 Å². The SMILES string of the molecule is Cl.O=C1CC=CC12CCCCC2. The van der Waals surface area contributed by atoms with Gasteiger partial charge in [-0.15, -0.1) is 12.4 Å². The van der Waals surface area contributed by atoms with Gasteiger partial charge in [0.05, 0.1) is 0 Å². The number of allylic oxidation sites excluding steroid dienone is 2. The van der Waals surface area contributed by atoms with E-state index in [1.54, 1.807) is 0 Å². The molecule has 0 unspecified atom stereocenters. The molecule has 0 heterocycles. The van der Waals surface area contributed by atoms with Gasteiger partial charge in [-0.1, -0.05) is 31.4 Å². The maximum Gasteiger partial charge on any atom is 0.146 e. The van der Waals surface area contributed by atoms with Crippen LogP contribution < -0.4 is 0 Å². The van der Waals surface area contributed by atoms with Gasteiger partial charge in [-0.05, 0) is 12.8 Å². The third-order valence-electron chi connectivity index (χ3n) is 3.04. The number of halogens is 1. The highest BCUT2D eigenvalue weighted by molar-refractivity contribution is 5.90. The number of carbonyl (C=O) groups excluding carboxylic acids is 1. The Kier molecular flexibility index (Phi) is 2.94. The largest absolute Gasteiger partial charge is 0.298 e. The van der Waals surface area contributed by atoms with Crippen LogP contribution in [-0.4, -0.2) is 5.78 Å². The molecule has 0 aromatic carbocycles. The van der Waals surface area contributed by atoms with Crippen LogP contribution in [0.4, 0.5) is 0 Å². The van der Waals surface area contributed by atoms with Crippen molar-refractivity contribution in [2.24, 2.45) is 5.41 Å². The Morgan fingerprint density at radius 3 is 2.33 bits per heavy atom. The van der Waals surface area contributed by atoms with Crippen molar-refractivity contribution >= 4 is 18.2 Å². The second-order valence-corrected chi connectivity index (χ2v) is 3.75. The summed E-state index contributed by atoms with van der Waals surface area (Å²) in [4.78, 5) is 11.5. The van der Waals surface area contributed by atoms with Gasteiger partial charge in [-0.3, -0.25) is 4.79 Å². The van der Waals surface area contributed by atoms with E-state index in [9.17, 15) is 4.79 Å². The van der Waals surface area contributed by atoms with Crippen molar-refractivity contribution in [2.45, 2.75) is 38.5 Å². The maximum atomic E-state index is 11.5. The third kappa shape index (κ3) is 1.42. The van der Waals surface area contributed by atoms with Crippen molar-refractivity contribution in [3.05, 3.63) is 12.2 Å². The van der Waals surface area contributed by atoms with E-state index in [0.717, 1.165) is 12.8 Å². The van der Waals surface area contributed by atoms with Gasteiger partial charge in [0, 0.05) is 11.8 Å². The quantitative estimate of drug-likeness (QED) is 0.532. The van der Waals surface area contributed by atoms with E-state index in [-0.39, 0.29) is 17.8 Å². The zero-order valence-electron chi connectivity index (χ0n) is 7.21. The van der Waals surface area contributed by atoms with Crippen LogP contribution in [0.25, 0.3) is 0 Å². The lowest BCUT2D eigenvalue weighted by Gasteiger charge is -2.29. The summed E-state index contributed by atoms with van der Waals surface area (Å²) in [7, 11) is 0. The Labute approximate surface area is 79.6 Å². The molecule has 2 aliphatic rings. The lowest BCUT2D eigenvalue weighted by atomic mass is 9.73. The maximum absolute atomic E-state index is 11.5. The van der Waals surface area contributed by atoms with E-state index >= 15 is 0 Å². The molecular formula is C10H15ClO. The van der Waals surface area contributed by atoms with Crippen molar-refractivity contribution in [3.8, 4) is 0 Å². The van der Waals surface area contributed by atoms with Crippen LogP contribution >= 0.6 is 12.4 Å². The minimum Gasteiger partial charge on any atom is -0.298 e. The number of carbonyl (C=O) groups is 1. The molecule has 2 heteroatoms. The Hall–Kier alpha value is -0.300. The van der Waals surface area contributed by atoms with E-state index in [4.69, 9.17) is 0 Å². The molecule has 0 amide bonds. The first kappa shape index (κ1) is 9.79. The summed E-state index contributed by atoms with van der Waals surface area (Å²) in [6.07, 6.45) is 10.9. The van der Waals surface area contributed by atoms with Crippen molar-refractivity contribution in [3.63, 3.8) is 0 Å². The number of ketones is 1. The molecule has 0 saturated heterocycles. The Bertz CT molecular complexity index is 202. The highest BCUT2D eigenvalue weighted by atomic mass is 35.5. The van der Waals surface area contributed by atoms with E-state index in [2.05, 4.69) is 6.08 Å². The molecule has 12 heavy (non-hydrogen) atoms. The molecule has 1 fully saturated rings. The topological polar surface area (TPSA) is 17.1 Å². The fourth-order valence-electron chi connectivity index (χ4n) is 2.32. The lowest BCUT2D eigenvalue weighted by molar-refractivity contribution is -0.125. The van der Waals surface area contributed by atoms with E-state index in [0.29, 0.717) is 12.2 Å². The van der Waals surface area contributed by atoms with Crippen LogP contribution in [-0.2, 0) is 4.79 Å². The molecule has 1 saturated carbocycles. The molecule has 1 nitrogen and oxygen atoms in total. The predicted molar refractivity (Wildman–Crippen MR) is 51.5 cm³/mol. The Balaban J connectivity index is 0.000000720. The summed E-state index contributed by atoms with van der Waals surface area (Å²) < 4.78 is 0. The van der Waals surface area contributed by atoms with Crippen LogP contribution in [0, 0.1) is 5.41 Å². The molecule has 0 bridgehead atoms. The monoisotopic (exact) mass is 186 g/mol. The summed E-state index contributed by atoms with van der Waals surface area (Å²) in [6.45, 7) is 0. The fraction of sp³-hybridized carbons (Fsp3) is 0.700. The minimum atomic E-state index is 0. The second kappa shape index (κ2) is 3.61. The summed E-state index contributed by atoms with van der Waals surface area (Å²) in [5.74, 6) is 0.470. The number of rotatable bonds is 0.